The van der Waals surface area contributed by atoms with Crippen LogP contribution >= 0.6 is 0 Å². The summed E-state index contributed by atoms with van der Waals surface area (Å²) in [7, 11) is 0. The van der Waals surface area contributed by atoms with E-state index < -0.39 is 0 Å². The number of carbonyl (C=O) groups excluding carboxylic acids is 1. The number of rotatable bonds is 7. The number of benzene rings is 1. The van der Waals surface area contributed by atoms with Gasteiger partial charge in [-0.2, -0.15) is 5.10 Å². The Bertz CT molecular complexity index is 798. The second-order valence-corrected chi connectivity index (χ2v) is 6.66. The van der Waals surface area contributed by atoms with E-state index in [9.17, 15) is 9.59 Å². The lowest BCUT2D eigenvalue weighted by Gasteiger charge is -2.33. The zero-order valence-electron chi connectivity index (χ0n) is 15.6. The highest BCUT2D eigenvalue weighted by molar-refractivity contribution is 5.77. The second kappa shape index (κ2) is 9.32. The van der Waals surface area contributed by atoms with Crippen LogP contribution in [0.25, 0.3) is 0 Å². The number of piperidine rings is 1. The third kappa shape index (κ3) is 5.40. The smallest absolute Gasteiger partial charge is 0.269 e. The molecule has 1 aromatic heterocycles. The van der Waals surface area contributed by atoms with Crippen molar-refractivity contribution in [2.45, 2.75) is 32.4 Å². The molecule has 0 spiro atoms. The van der Waals surface area contributed by atoms with Gasteiger partial charge in [0, 0.05) is 31.8 Å². The minimum atomic E-state index is -0.108. The Balaban J connectivity index is 1.55. The fourth-order valence-electron chi connectivity index (χ4n) is 3.22. The van der Waals surface area contributed by atoms with E-state index >= 15 is 0 Å². The van der Waals surface area contributed by atoms with Gasteiger partial charge in [-0.3, -0.25) is 9.59 Å². The van der Waals surface area contributed by atoms with Crippen molar-refractivity contribution >= 4 is 11.6 Å². The van der Waals surface area contributed by atoms with Crippen LogP contribution in [-0.2, 0) is 16.1 Å². The Morgan fingerprint density at radius 1 is 1.26 bits per heavy atom. The summed E-state index contributed by atoms with van der Waals surface area (Å²) in [6.45, 7) is 4.54. The molecule has 1 amide bonds. The van der Waals surface area contributed by atoms with E-state index in [2.05, 4.69) is 15.3 Å². The first kappa shape index (κ1) is 19.1. The fraction of sp³-hybridized carbons (Fsp3) is 0.450. The summed E-state index contributed by atoms with van der Waals surface area (Å²) in [5.41, 5.74) is 1.77. The SMILES string of the molecule is CCOCC(=O)NC1CCN(c2cnn(Cc3ccccc3)c(=O)c2)CC1. The van der Waals surface area contributed by atoms with Crippen molar-refractivity contribution in [3.8, 4) is 0 Å². The van der Waals surface area contributed by atoms with Gasteiger partial charge < -0.3 is 15.0 Å². The molecule has 0 bridgehead atoms. The van der Waals surface area contributed by atoms with Gasteiger partial charge in [-0.1, -0.05) is 30.3 Å². The van der Waals surface area contributed by atoms with E-state index in [0.717, 1.165) is 37.2 Å². The zero-order chi connectivity index (χ0) is 19.1. The minimum Gasteiger partial charge on any atom is -0.372 e. The number of nitrogens with one attached hydrogen (secondary N) is 1. The molecular weight excluding hydrogens is 344 g/mol. The van der Waals surface area contributed by atoms with Crippen molar-refractivity contribution < 1.29 is 9.53 Å². The number of anilines is 1. The molecule has 0 radical (unpaired) electrons. The lowest BCUT2D eigenvalue weighted by atomic mass is 10.0. The maximum atomic E-state index is 12.4. The summed E-state index contributed by atoms with van der Waals surface area (Å²) < 4.78 is 6.60. The van der Waals surface area contributed by atoms with E-state index in [-0.39, 0.29) is 24.1 Å². The molecule has 1 aliphatic rings. The maximum absolute atomic E-state index is 12.4. The molecule has 1 aliphatic heterocycles. The first-order valence-corrected chi connectivity index (χ1v) is 9.39. The number of ether oxygens (including phenoxy) is 1. The van der Waals surface area contributed by atoms with Crippen LogP contribution in [0.15, 0.2) is 47.4 Å². The van der Waals surface area contributed by atoms with E-state index in [1.807, 2.05) is 37.3 Å². The highest BCUT2D eigenvalue weighted by Gasteiger charge is 2.21. The molecule has 1 N–H and O–H groups in total. The predicted octanol–water partition coefficient (Wildman–Crippen LogP) is 1.41. The number of nitrogens with zero attached hydrogens (tertiary/aromatic N) is 3. The average molecular weight is 370 g/mol. The minimum absolute atomic E-state index is 0.0690. The third-order valence-corrected chi connectivity index (χ3v) is 4.69. The highest BCUT2D eigenvalue weighted by Crippen LogP contribution is 2.17. The summed E-state index contributed by atoms with van der Waals surface area (Å²) in [5.74, 6) is -0.0690. The van der Waals surface area contributed by atoms with Crippen LogP contribution in [0.2, 0.25) is 0 Å². The van der Waals surface area contributed by atoms with Crippen LogP contribution in [0.5, 0.6) is 0 Å². The Hall–Kier alpha value is -2.67. The molecule has 0 unspecified atom stereocenters. The largest absolute Gasteiger partial charge is 0.372 e. The Morgan fingerprint density at radius 2 is 2.00 bits per heavy atom. The van der Waals surface area contributed by atoms with Gasteiger partial charge in [0.25, 0.3) is 5.56 Å². The van der Waals surface area contributed by atoms with Crippen LogP contribution in [-0.4, -0.2) is 48.0 Å². The first-order valence-electron chi connectivity index (χ1n) is 9.39. The van der Waals surface area contributed by atoms with Crippen LogP contribution in [0, 0.1) is 0 Å². The van der Waals surface area contributed by atoms with Gasteiger partial charge in [-0.25, -0.2) is 4.68 Å². The molecule has 27 heavy (non-hydrogen) atoms. The monoisotopic (exact) mass is 370 g/mol. The van der Waals surface area contributed by atoms with E-state index in [0.29, 0.717) is 13.2 Å². The van der Waals surface area contributed by atoms with Crippen molar-refractivity contribution in [2.75, 3.05) is 31.2 Å². The van der Waals surface area contributed by atoms with Crippen molar-refractivity contribution in [2.24, 2.45) is 0 Å². The van der Waals surface area contributed by atoms with Crippen LogP contribution in [0.3, 0.4) is 0 Å². The molecule has 3 rings (SSSR count). The molecule has 0 saturated carbocycles. The number of hydrogen-bond acceptors (Lipinski definition) is 5. The van der Waals surface area contributed by atoms with Gasteiger partial charge >= 0.3 is 0 Å². The first-order chi connectivity index (χ1) is 13.2. The number of aromatic nitrogens is 2. The fourth-order valence-corrected chi connectivity index (χ4v) is 3.22. The summed E-state index contributed by atoms with van der Waals surface area (Å²) in [6.07, 6.45) is 3.42. The van der Waals surface area contributed by atoms with Crippen LogP contribution in [0.1, 0.15) is 25.3 Å². The molecule has 1 aromatic carbocycles. The van der Waals surface area contributed by atoms with E-state index in [1.165, 1.54) is 4.68 Å². The molecule has 0 atom stereocenters. The standard InChI is InChI=1S/C20H26N4O3/c1-2-27-15-19(25)22-17-8-10-23(11-9-17)18-12-20(26)24(21-13-18)14-16-6-4-3-5-7-16/h3-7,12-13,17H,2,8-11,14-15H2,1H3,(H,22,25). The van der Waals surface area contributed by atoms with Gasteiger partial charge in [-0.15, -0.1) is 0 Å². The van der Waals surface area contributed by atoms with Gasteiger partial charge in [0.15, 0.2) is 0 Å². The quantitative estimate of drug-likeness (QED) is 0.798. The summed E-state index contributed by atoms with van der Waals surface area (Å²) in [6, 6.07) is 11.6. The molecule has 2 aromatic rings. The average Bonchev–Trinajstić information content (AvgIpc) is 2.69. The van der Waals surface area contributed by atoms with Crippen LogP contribution in [0.4, 0.5) is 5.69 Å². The molecule has 1 saturated heterocycles. The normalized spacial score (nSPS) is 14.9. The van der Waals surface area contributed by atoms with Crippen molar-refractivity contribution in [3.63, 3.8) is 0 Å². The summed E-state index contributed by atoms with van der Waals surface area (Å²) in [5, 5.41) is 7.33. The van der Waals surface area contributed by atoms with E-state index in [1.54, 1.807) is 12.3 Å². The van der Waals surface area contributed by atoms with E-state index in [4.69, 9.17) is 4.74 Å². The topological polar surface area (TPSA) is 76.5 Å². The molecule has 7 heteroatoms. The lowest BCUT2D eigenvalue weighted by Crippen LogP contribution is -2.46. The van der Waals surface area contributed by atoms with Crippen LogP contribution < -0.4 is 15.8 Å². The maximum Gasteiger partial charge on any atom is 0.269 e. The Morgan fingerprint density at radius 3 is 2.67 bits per heavy atom. The second-order valence-electron chi connectivity index (χ2n) is 6.66. The summed E-state index contributed by atoms with van der Waals surface area (Å²) >= 11 is 0. The Labute approximate surface area is 158 Å². The molecule has 144 valence electrons. The number of carbonyl (C=O) groups is 1. The van der Waals surface area contributed by atoms with Crippen molar-refractivity contribution in [1.29, 1.82) is 0 Å². The van der Waals surface area contributed by atoms with Gasteiger partial charge in [0.1, 0.15) is 6.61 Å². The summed E-state index contributed by atoms with van der Waals surface area (Å²) in [4.78, 5) is 26.3. The highest BCUT2D eigenvalue weighted by atomic mass is 16.5. The zero-order valence-corrected chi connectivity index (χ0v) is 15.6. The molecule has 0 aliphatic carbocycles. The molecule has 7 nitrogen and oxygen atoms in total. The predicted molar refractivity (Wildman–Crippen MR) is 104 cm³/mol. The van der Waals surface area contributed by atoms with Crippen molar-refractivity contribution in [1.82, 2.24) is 15.1 Å². The molecule has 1 fully saturated rings. The number of hydrogen-bond donors (Lipinski definition) is 1. The number of amides is 1. The van der Waals surface area contributed by atoms with Gasteiger partial charge in [0.05, 0.1) is 18.4 Å². The van der Waals surface area contributed by atoms with Gasteiger partial charge in [0.2, 0.25) is 5.91 Å². The molecule has 2 heterocycles. The Kier molecular flexibility index (Phi) is 6.59. The van der Waals surface area contributed by atoms with Crippen molar-refractivity contribution in [3.05, 3.63) is 58.5 Å². The van der Waals surface area contributed by atoms with Gasteiger partial charge in [-0.05, 0) is 25.3 Å². The lowest BCUT2D eigenvalue weighted by molar-refractivity contribution is -0.126. The molecular formula is C20H26N4O3. The third-order valence-electron chi connectivity index (χ3n) is 4.69.